The van der Waals surface area contributed by atoms with E-state index in [-0.39, 0.29) is 0 Å². The summed E-state index contributed by atoms with van der Waals surface area (Å²) in [5.74, 6) is 0. The lowest BCUT2D eigenvalue weighted by atomic mass is 10.1. The molecule has 0 radical (unpaired) electrons. The molecule has 1 aromatic heterocycles. The third-order valence-corrected chi connectivity index (χ3v) is 3.18. The summed E-state index contributed by atoms with van der Waals surface area (Å²) in [7, 11) is 0. The fourth-order valence-electron chi connectivity index (χ4n) is 1.60. The zero-order valence-corrected chi connectivity index (χ0v) is 8.40. The van der Waals surface area contributed by atoms with Gasteiger partial charge in [-0.15, -0.1) is 0 Å². The molecule has 2 rings (SSSR count). The summed E-state index contributed by atoms with van der Waals surface area (Å²) in [5, 5.41) is 2.18. The van der Waals surface area contributed by atoms with Crippen LogP contribution in [0.4, 0.5) is 0 Å². The molecule has 2 heterocycles. The van der Waals surface area contributed by atoms with Crippen LogP contribution in [0.5, 0.6) is 0 Å². The minimum absolute atomic E-state index is 0.665. The average molecular weight is 182 g/mol. The molecule has 0 N–H and O–H groups in total. The number of hydrogen-bond donors (Lipinski definition) is 0. The maximum Gasteiger partial charge on any atom is 0.0599 e. The molecule has 0 amide bonds. The molecule has 0 unspecified atom stereocenters. The largest absolute Gasteiger partial charge is 0.296 e. The van der Waals surface area contributed by atoms with Gasteiger partial charge in [0.05, 0.1) is 5.69 Å². The molecule has 0 fully saturated rings. The quantitative estimate of drug-likeness (QED) is 0.659. The van der Waals surface area contributed by atoms with Crippen LogP contribution in [0.15, 0.2) is 5.38 Å². The van der Waals surface area contributed by atoms with E-state index in [4.69, 9.17) is 0 Å². The summed E-state index contributed by atoms with van der Waals surface area (Å²) in [6.07, 6.45) is 1.14. The van der Waals surface area contributed by atoms with Gasteiger partial charge in [-0.2, -0.15) is 4.37 Å². The maximum absolute atomic E-state index is 4.37. The molecule has 0 saturated carbocycles. The normalized spacial score (nSPS) is 18.2. The Labute approximate surface area is 77.4 Å². The summed E-state index contributed by atoms with van der Waals surface area (Å²) in [5.41, 5.74) is 2.77. The predicted molar refractivity (Wildman–Crippen MR) is 51.4 cm³/mol. The zero-order chi connectivity index (χ0) is 8.55. The molecule has 0 saturated heterocycles. The van der Waals surface area contributed by atoms with E-state index in [2.05, 4.69) is 28.5 Å². The van der Waals surface area contributed by atoms with Gasteiger partial charge in [0, 0.05) is 36.5 Å². The van der Waals surface area contributed by atoms with Gasteiger partial charge < -0.3 is 0 Å². The van der Waals surface area contributed by atoms with Crippen molar-refractivity contribution in [2.24, 2.45) is 0 Å². The molecule has 12 heavy (non-hydrogen) atoms. The number of rotatable bonds is 1. The van der Waals surface area contributed by atoms with E-state index in [9.17, 15) is 0 Å². The van der Waals surface area contributed by atoms with E-state index in [1.165, 1.54) is 17.8 Å². The van der Waals surface area contributed by atoms with Crippen molar-refractivity contribution in [3.63, 3.8) is 0 Å². The second-order valence-electron chi connectivity index (χ2n) is 3.60. The molecular formula is C9H14N2S. The van der Waals surface area contributed by atoms with Crippen LogP contribution in [0.2, 0.25) is 0 Å². The van der Waals surface area contributed by atoms with Crippen LogP contribution < -0.4 is 0 Å². The lowest BCUT2D eigenvalue weighted by molar-refractivity contribution is 0.203. The van der Waals surface area contributed by atoms with Crippen LogP contribution in [0.3, 0.4) is 0 Å². The van der Waals surface area contributed by atoms with Crippen LogP contribution in [-0.4, -0.2) is 21.9 Å². The average Bonchev–Trinajstić information content (AvgIpc) is 2.49. The standard InChI is InChI=1S/C9H14N2S/c1-7(2)11-4-3-9-8(5-11)6-12-10-9/h6-7H,3-5H2,1-2H3. The summed E-state index contributed by atoms with van der Waals surface area (Å²) in [4.78, 5) is 2.50. The lowest BCUT2D eigenvalue weighted by Gasteiger charge is -2.29. The van der Waals surface area contributed by atoms with E-state index in [1.807, 2.05) is 0 Å². The van der Waals surface area contributed by atoms with Crippen molar-refractivity contribution >= 4 is 11.5 Å². The highest BCUT2D eigenvalue weighted by molar-refractivity contribution is 7.03. The molecule has 0 spiro atoms. The molecule has 3 heteroatoms. The topological polar surface area (TPSA) is 16.1 Å². The van der Waals surface area contributed by atoms with E-state index >= 15 is 0 Å². The van der Waals surface area contributed by atoms with Crippen molar-refractivity contribution in [3.8, 4) is 0 Å². The Kier molecular flexibility index (Phi) is 2.15. The number of aromatic nitrogens is 1. The minimum Gasteiger partial charge on any atom is -0.296 e. The van der Waals surface area contributed by atoms with Gasteiger partial charge in [-0.1, -0.05) is 0 Å². The first-order valence-corrected chi connectivity index (χ1v) is 5.27. The minimum atomic E-state index is 0.665. The number of nitrogens with zero attached hydrogens (tertiary/aromatic N) is 2. The third-order valence-electron chi connectivity index (χ3n) is 2.47. The van der Waals surface area contributed by atoms with Crippen molar-refractivity contribution in [2.75, 3.05) is 6.54 Å². The molecule has 66 valence electrons. The first kappa shape index (κ1) is 8.20. The summed E-state index contributed by atoms with van der Waals surface area (Å²) >= 11 is 1.59. The smallest absolute Gasteiger partial charge is 0.0599 e. The van der Waals surface area contributed by atoms with Gasteiger partial charge in [-0.25, -0.2) is 0 Å². The summed E-state index contributed by atoms with van der Waals surface area (Å²) in [6, 6.07) is 0.665. The summed E-state index contributed by atoms with van der Waals surface area (Å²) in [6.45, 7) is 6.79. The molecule has 0 aromatic carbocycles. The monoisotopic (exact) mass is 182 g/mol. The van der Waals surface area contributed by atoms with E-state index in [0.717, 1.165) is 13.0 Å². The summed E-state index contributed by atoms with van der Waals surface area (Å²) < 4.78 is 4.37. The second kappa shape index (κ2) is 3.15. The molecule has 0 bridgehead atoms. The lowest BCUT2D eigenvalue weighted by Crippen LogP contribution is -2.35. The second-order valence-corrected chi connectivity index (χ2v) is 4.23. The third kappa shape index (κ3) is 1.39. The molecular weight excluding hydrogens is 168 g/mol. The van der Waals surface area contributed by atoms with Gasteiger partial charge in [0.2, 0.25) is 0 Å². The van der Waals surface area contributed by atoms with Gasteiger partial charge >= 0.3 is 0 Å². The molecule has 1 aromatic rings. The van der Waals surface area contributed by atoms with Crippen molar-refractivity contribution in [1.82, 2.24) is 9.27 Å². The fraction of sp³-hybridized carbons (Fsp3) is 0.667. The highest BCUT2D eigenvalue weighted by Gasteiger charge is 2.19. The number of hydrogen-bond acceptors (Lipinski definition) is 3. The molecule has 2 nitrogen and oxygen atoms in total. The van der Waals surface area contributed by atoms with Gasteiger partial charge in [0.25, 0.3) is 0 Å². The van der Waals surface area contributed by atoms with Crippen molar-refractivity contribution in [3.05, 3.63) is 16.6 Å². The Balaban J connectivity index is 2.15. The van der Waals surface area contributed by atoms with Crippen LogP contribution >= 0.6 is 11.5 Å². The van der Waals surface area contributed by atoms with Crippen molar-refractivity contribution in [2.45, 2.75) is 32.9 Å². The highest BCUT2D eigenvalue weighted by atomic mass is 32.1. The van der Waals surface area contributed by atoms with Crippen LogP contribution in [-0.2, 0) is 13.0 Å². The molecule has 0 atom stereocenters. The number of fused-ring (bicyclic) bond motifs is 1. The molecule has 0 aliphatic carbocycles. The first-order chi connectivity index (χ1) is 5.77. The Bertz CT molecular complexity index is 267. The van der Waals surface area contributed by atoms with Gasteiger partial charge in [-0.3, -0.25) is 4.90 Å². The van der Waals surface area contributed by atoms with Crippen molar-refractivity contribution < 1.29 is 0 Å². The zero-order valence-electron chi connectivity index (χ0n) is 7.58. The predicted octanol–water partition coefficient (Wildman–Crippen LogP) is 1.91. The van der Waals surface area contributed by atoms with E-state index < -0.39 is 0 Å². The van der Waals surface area contributed by atoms with Crippen LogP contribution in [0.1, 0.15) is 25.1 Å². The Morgan fingerprint density at radius 3 is 3.17 bits per heavy atom. The first-order valence-electron chi connectivity index (χ1n) is 4.43. The van der Waals surface area contributed by atoms with E-state index in [1.54, 1.807) is 11.5 Å². The fourth-order valence-corrected chi connectivity index (χ4v) is 2.33. The Morgan fingerprint density at radius 2 is 2.42 bits per heavy atom. The van der Waals surface area contributed by atoms with E-state index in [0.29, 0.717) is 6.04 Å². The molecule has 1 aliphatic heterocycles. The SMILES string of the molecule is CC(C)N1CCc2nscc2C1. The van der Waals surface area contributed by atoms with Crippen molar-refractivity contribution in [1.29, 1.82) is 0 Å². The molecule has 1 aliphatic rings. The highest BCUT2D eigenvalue weighted by Crippen LogP contribution is 2.20. The Hall–Kier alpha value is -0.410. The van der Waals surface area contributed by atoms with Gasteiger partial charge in [-0.05, 0) is 25.4 Å². The maximum atomic E-state index is 4.37. The Morgan fingerprint density at radius 1 is 1.58 bits per heavy atom. The van der Waals surface area contributed by atoms with Gasteiger partial charge in [0.15, 0.2) is 0 Å². The van der Waals surface area contributed by atoms with Gasteiger partial charge in [0.1, 0.15) is 0 Å². The van der Waals surface area contributed by atoms with Crippen LogP contribution in [0.25, 0.3) is 0 Å². The van der Waals surface area contributed by atoms with Crippen LogP contribution in [0, 0.1) is 0 Å².